The van der Waals surface area contributed by atoms with Gasteiger partial charge in [-0.1, -0.05) is 6.07 Å². The molecule has 0 aliphatic carbocycles. The summed E-state index contributed by atoms with van der Waals surface area (Å²) >= 11 is 0. The van der Waals surface area contributed by atoms with Crippen molar-refractivity contribution in [2.45, 2.75) is 6.54 Å². The summed E-state index contributed by atoms with van der Waals surface area (Å²) in [5.41, 5.74) is 1.21. The van der Waals surface area contributed by atoms with E-state index in [-0.39, 0.29) is 5.91 Å². The number of hydrogen-bond acceptors (Lipinski definition) is 6. The van der Waals surface area contributed by atoms with Crippen LogP contribution in [-0.4, -0.2) is 93.9 Å². The Kier molecular flexibility index (Phi) is 6.71. The molecule has 0 aromatic heterocycles. The highest BCUT2D eigenvalue weighted by Crippen LogP contribution is 2.28. The molecule has 26 heavy (non-hydrogen) atoms. The lowest BCUT2D eigenvalue weighted by atomic mass is 10.1. The van der Waals surface area contributed by atoms with Gasteiger partial charge >= 0.3 is 0 Å². The smallest absolute Gasteiger partial charge is 0.236 e. The highest BCUT2D eigenvalue weighted by Gasteiger charge is 2.23. The van der Waals surface area contributed by atoms with Crippen LogP contribution in [-0.2, 0) is 16.1 Å². The molecule has 3 rings (SSSR count). The molecule has 7 heteroatoms. The van der Waals surface area contributed by atoms with Gasteiger partial charge in [-0.15, -0.1) is 0 Å². The number of carbonyl (C=O) groups excluding carboxylic acids is 1. The molecule has 2 heterocycles. The average molecular weight is 363 g/mol. The molecule has 0 spiro atoms. The lowest BCUT2D eigenvalue weighted by Crippen LogP contribution is -2.51. The topological polar surface area (TPSA) is 54.5 Å². The first-order chi connectivity index (χ1) is 12.7. The Bertz CT molecular complexity index is 596. The van der Waals surface area contributed by atoms with E-state index >= 15 is 0 Å². The summed E-state index contributed by atoms with van der Waals surface area (Å²) in [6.45, 7) is 7.92. The van der Waals surface area contributed by atoms with Crippen molar-refractivity contribution in [3.8, 4) is 11.5 Å². The van der Waals surface area contributed by atoms with Gasteiger partial charge in [0, 0.05) is 45.8 Å². The molecule has 0 unspecified atom stereocenters. The van der Waals surface area contributed by atoms with Crippen LogP contribution >= 0.6 is 0 Å². The molecule has 1 amide bonds. The number of morpholine rings is 1. The van der Waals surface area contributed by atoms with Crippen LogP contribution in [0, 0.1) is 0 Å². The van der Waals surface area contributed by atoms with E-state index < -0.39 is 0 Å². The van der Waals surface area contributed by atoms with Gasteiger partial charge in [-0.05, 0) is 17.7 Å². The van der Waals surface area contributed by atoms with E-state index in [0.717, 1.165) is 57.3 Å². The van der Waals surface area contributed by atoms with E-state index in [0.29, 0.717) is 19.8 Å². The molecule has 144 valence electrons. The van der Waals surface area contributed by atoms with Crippen LogP contribution < -0.4 is 9.47 Å². The second-order valence-electron chi connectivity index (χ2n) is 6.73. The van der Waals surface area contributed by atoms with Gasteiger partial charge in [0.25, 0.3) is 0 Å². The maximum Gasteiger partial charge on any atom is 0.236 e. The number of methoxy groups -OCH3 is 2. The van der Waals surface area contributed by atoms with Crippen LogP contribution in [0.1, 0.15) is 5.56 Å². The van der Waals surface area contributed by atoms with E-state index in [9.17, 15) is 4.79 Å². The number of carbonyl (C=O) groups is 1. The zero-order valence-corrected chi connectivity index (χ0v) is 15.8. The van der Waals surface area contributed by atoms with Gasteiger partial charge in [0.2, 0.25) is 5.91 Å². The maximum absolute atomic E-state index is 12.4. The molecule has 0 bridgehead atoms. The molecular weight excluding hydrogens is 334 g/mol. The SMILES string of the molecule is COc1ccc(CN2CCN(CC(=O)N3CCOCC3)CC2)cc1OC. The molecule has 2 aliphatic rings. The molecule has 1 aromatic rings. The number of hydrogen-bond donors (Lipinski definition) is 0. The number of benzene rings is 1. The molecule has 1 aromatic carbocycles. The second-order valence-corrected chi connectivity index (χ2v) is 6.73. The Morgan fingerprint density at radius 3 is 2.27 bits per heavy atom. The van der Waals surface area contributed by atoms with Crippen molar-refractivity contribution in [1.82, 2.24) is 14.7 Å². The maximum atomic E-state index is 12.4. The monoisotopic (exact) mass is 363 g/mol. The van der Waals surface area contributed by atoms with Gasteiger partial charge in [0.1, 0.15) is 0 Å². The number of piperazine rings is 1. The van der Waals surface area contributed by atoms with Crippen LogP contribution in [0.15, 0.2) is 18.2 Å². The van der Waals surface area contributed by atoms with Crippen LogP contribution in [0.5, 0.6) is 11.5 Å². The largest absolute Gasteiger partial charge is 0.493 e. The van der Waals surface area contributed by atoms with Crippen molar-refractivity contribution in [2.75, 3.05) is 73.2 Å². The Balaban J connectivity index is 1.45. The Morgan fingerprint density at radius 2 is 1.62 bits per heavy atom. The normalized spacial score (nSPS) is 19.4. The molecule has 0 radical (unpaired) electrons. The Labute approximate surface area is 155 Å². The van der Waals surface area contributed by atoms with Crippen molar-refractivity contribution in [3.05, 3.63) is 23.8 Å². The third kappa shape index (κ3) is 4.87. The highest BCUT2D eigenvalue weighted by molar-refractivity contribution is 5.78. The van der Waals surface area contributed by atoms with Crippen LogP contribution in [0.2, 0.25) is 0 Å². The van der Waals surface area contributed by atoms with Gasteiger partial charge in [-0.3, -0.25) is 14.6 Å². The van der Waals surface area contributed by atoms with E-state index in [4.69, 9.17) is 14.2 Å². The summed E-state index contributed by atoms with van der Waals surface area (Å²) in [6.07, 6.45) is 0. The fourth-order valence-corrected chi connectivity index (χ4v) is 3.45. The predicted octanol–water partition coefficient (Wildman–Crippen LogP) is 0.680. The molecular formula is C19H29N3O4. The van der Waals surface area contributed by atoms with Crippen molar-refractivity contribution < 1.29 is 19.0 Å². The molecule has 2 fully saturated rings. The fourth-order valence-electron chi connectivity index (χ4n) is 3.45. The van der Waals surface area contributed by atoms with Gasteiger partial charge in [-0.25, -0.2) is 0 Å². The zero-order valence-electron chi connectivity index (χ0n) is 15.8. The first kappa shape index (κ1) is 18.9. The zero-order chi connectivity index (χ0) is 18.4. The minimum absolute atomic E-state index is 0.224. The van der Waals surface area contributed by atoms with Crippen LogP contribution in [0.3, 0.4) is 0 Å². The number of rotatable bonds is 6. The highest BCUT2D eigenvalue weighted by atomic mass is 16.5. The van der Waals surface area contributed by atoms with Gasteiger partial charge in [-0.2, -0.15) is 0 Å². The lowest BCUT2D eigenvalue weighted by Gasteiger charge is -2.36. The van der Waals surface area contributed by atoms with Crippen LogP contribution in [0.25, 0.3) is 0 Å². The summed E-state index contributed by atoms with van der Waals surface area (Å²) < 4.78 is 16.0. The molecule has 7 nitrogen and oxygen atoms in total. The summed E-state index contributed by atoms with van der Waals surface area (Å²) in [7, 11) is 3.31. The third-order valence-electron chi connectivity index (χ3n) is 5.04. The molecule has 0 atom stereocenters. The Hall–Kier alpha value is -1.83. The molecule has 2 saturated heterocycles. The molecule has 2 aliphatic heterocycles. The predicted molar refractivity (Wildman–Crippen MR) is 98.7 cm³/mol. The Morgan fingerprint density at radius 1 is 0.962 bits per heavy atom. The van der Waals surface area contributed by atoms with E-state index in [1.165, 1.54) is 5.56 Å². The number of ether oxygens (including phenoxy) is 3. The van der Waals surface area contributed by atoms with Crippen molar-refractivity contribution in [3.63, 3.8) is 0 Å². The van der Waals surface area contributed by atoms with E-state index in [1.54, 1.807) is 14.2 Å². The van der Waals surface area contributed by atoms with Crippen LogP contribution in [0.4, 0.5) is 0 Å². The second kappa shape index (κ2) is 9.21. The quantitative estimate of drug-likeness (QED) is 0.741. The van der Waals surface area contributed by atoms with Crippen molar-refractivity contribution >= 4 is 5.91 Å². The first-order valence-electron chi connectivity index (χ1n) is 9.20. The van der Waals surface area contributed by atoms with Crippen molar-refractivity contribution in [2.24, 2.45) is 0 Å². The van der Waals surface area contributed by atoms with E-state index in [2.05, 4.69) is 15.9 Å². The van der Waals surface area contributed by atoms with Gasteiger partial charge in [0.05, 0.1) is 34.0 Å². The molecule has 0 saturated carbocycles. The van der Waals surface area contributed by atoms with Crippen molar-refractivity contribution in [1.29, 1.82) is 0 Å². The standard InChI is InChI=1S/C19H29N3O4/c1-24-17-4-3-16(13-18(17)25-2)14-20-5-7-21(8-6-20)15-19(23)22-9-11-26-12-10-22/h3-4,13H,5-12,14-15H2,1-2H3. The summed E-state index contributed by atoms with van der Waals surface area (Å²) in [4.78, 5) is 18.9. The van der Waals surface area contributed by atoms with Gasteiger partial charge < -0.3 is 19.1 Å². The molecule has 0 N–H and O–H groups in total. The summed E-state index contributed by atoms with van der Waals surface area (Å²) in [5.74, 6) is 1.74. The third-order valence-corrected chi connectivity index (χ3v) is 5.04. The number of amides is 1. The minimum atomic E-state index is 0.224. The fraction of sp³-hybridized carbons (Fsp3) is 0.632. The summed E-state index contributed by atoms with van der Waals surface area (Å²) in [6, 6.07) is 6.06. The van der Waals surface area contributed by atoms with E-state index in [1.807, 2.05) is 17.0 Å². The number of nitrogens with zero attached hydrogens (tertiary/aromatic N) is 3. The average Bonchev–Trinajstić information content (AvgIpc) is 2.70. The van der Waals surface area contributed by atoms with Gasteiger partial charge in [0.15, 0.2) is 11.5 Å². The summed E-state index contributed by atoms with van der Waals surface area (Å²) in [5, 5.41) is 0. The minimum Gasteiger partial charge on any atom is -0.493 e. The lowest BCUT2D eigenvalue weighted by molar-refractivity contribution is -0.136. The first-order valence-corrected chi connectivity index (χ1v) is 9.20.